The number of benzene rings is 1. The zero-order chi connectivity index (χ0) is 18.9. The molecule has 144 valence electrons. The van der Waals surface area contributed by atoms with Crippen molar-refractivity contribution < 1.29 is 28.5 Å². The van der Waals surface area contributed by atoms with Gasteiger partial charge in [0.2, 0.25) is 0 Å². The number of esters is 2. The SMILES string of the molecule is CCCC1OCC(OC(=O)c2ccc(C(=O)OCCC(C)C)cc2)CO1. The Labute approximate surface area is 154 Å². The molecule has 6 nitrogen and oxygen atoms in total. The average molecular weight is 364 g/mol. The van der Waals surface area contributed by atoms with Crippen LogP contribution in [0.5, 0.6) is 0 Å². The molecule has 1 aliphatic rings. The summed E-state index contributed by atoms with van der Waals surface area (Å²) >= 11 is 0. The Morgan fingerprint density at radius 3 is 2.19 bits per heavy atom. The third-order valence-electron chi connectivity index (χ3n) is 4.02. The second kappa shape index (κ2) is 10.3. The van der Waals surface area contributed by atoms with Gasteiger partial charge in [-0.25, -0.2) is 9.59 Å². The van der Waals surface area contributed by atoms with Crippen LogP contribution in [0.15, 0.2) is 24.3 Å². The minimum Gasteiger partial charge on any atom is -0.462 e. The van der Waals surface area contributed by atoms with Crippen LogP contribution in [0.2, 0.25) is 0 Å². The molecule has 0 N–H and O–H groups in total. The number of hydrogen-bond acceptors (Lipinski definition) is 6. The number of rotatable bonds is 8. The number of hydrogen-bond donors (Lipinski definition) is 0. The molecular formula is C20H28O6. The average Bonchev–Trinajstić information content (AvgIpc) is 2.63. The van der Waals surface area contributed by atoms with E-state index < -0.39 is 12.1 Å². The maximum absolute atomic E-state index is 12.2. The minimum absolute atomic E-state index is 0.212. The maximum atomic E-state index is 12.2. The van der Waals surface area contributed by atoms with Gasteiger partial charge in [0.1, 0.15) is 6.10 Å². The van der Waals surface area contributed by atoms with Gasteiger partial charge in [-0.05, 0) is 43.0 Å². The van der Waals surface area contributed by atoms with Crippen LogP contribution in [0.4, 0.5) is 0 Å². The molecular weight excluding hydrogens is 336 g/mol. The number of carbonyl (C=O) groups excluding carboxylic acids is 2. The lowest BCUT2D eigenvalue weighted by atomic mass is 10.1. The smallest absolute Gasteiger partial charge is 0.338 e. The van der Waals surface area contributed by atoms with E-state index in [0.717, 1.165) is 19.3 Å². The van der Waals surface area contributed by atoms with Crippen molar-refractivity contribution in [1.29, 1.82) is 0 Å². The normalized spacial score (nSPS) is 20.0. The summed E-state index contributed by atoms with van der Waals surface area (Å²) in [6.07, 6.45) is 1.99. The van der Waals surface area contributed by atoms with Gasteiger partial charge in [-0.2, -0.15) is 0 Å². The molecule has 2 rings (SSSR count). The van der Waals surface area contributed by atoms with E-state index in [-0.39, 0.29) is 12.3 Å². The first kappa shape index (κ1) is 20.4. The summed E-state index contributed by atoms with van der Waals surface area (Å²) in [5.41, 5.74) is 0.788. The van der Waals surface area contributed by atoms with Crippen LogP contribution in [0.25, 0.3) is 0 Å². The van der Waals surface area contributed by atoms with Crippen molar-refractivity contribution in [3.05, 3.63) is 35.4 Å². The first-order chi connectivity index (χ1) is 12.5. The Kier molecular flexibility index (Phi) is 8.06. The summed E-state index contributed by atoms with van der Waals surface area (Å²) < 4.78 is 21.6. The van der Waals surface area contributed by atoms with Crippen molar-refractivity contribution in [2.45, 2.75) is 52.4 Å². The van der Waals surface area contributed by atoms with Gasteiger partial charge in [0.15, 0.2) is 6.29 Å². The molecule has 0 saturated carbocycles. The lowest BCUT2D eigenvalue weighted by Gasteiger charge is -2.28. The van der Waals surface area contributed by atoms with Crippen LogP contribution in [0.3, 0.4) is 0 Å². The molecule has 6 heteroatoms. The molecule has 1 heterocycles. The Morgan fingerprint density at radius 1 is 1.08 bits per heavy atom. The van der Waals surface area contributed by atoms with E-state index in [2.05, 4.69) is 20.8 Å². The molecule has 0 spiro atoms. The molecule has 1 fully saturated rings. The first-order valence-corrected chi connectivity index (χ1v) is 9.21. The topological polar surface area (TPSA) is 71.1 Å². The van der Waals surface area contributed by atoms with Crippen LogP contribution < -0.4 is 0 Å². The van der Waals surface area contributed by atoms with Crippen molar-refractivity contribution in [2.24, 2.45) is 5.92 Å². The molecule has 1 aromatic carbocycles. The summed E-state index contributed by atoms with van der Waals surface area (Å²) in [5.74, 6) is -0.373. The van der Waals surface area contributed by atoms with Crippen molar-refractivity contribution >= 4 is 11.9 Å². The van der Waals surface area contributed by atoms with Crippen LogP contribution in [0, 0.1) is 5.92 Å². The van der Waals surface area contributed by atoms with Gasteiger partial charge >= 0.3 is 11.9 Å². The monoisotopic (exact) mass is 364 g/mol. The zero-order valence-electron chi connectivity index (χ0n) is 15.7. The molecule has 0 amide bonds. The first-order valence-electron chi connectivity index (χ1n) is 9.21. The fraction of sp³-hybridized carbons (Fsp3) is 0.600. The summed E-state index contributed by atoms with van der Waals surface area (Å²) in [6, 6.07) is 6.26. The third-order valence-corrected chi connectivity index (χ3v) is 4.02. The van der Waals surface area contributed by atoms with E-state index in [1.807, 2.05) is 0 Å². The van der Waals surface area contributed by atoms with Gasteiger partial charge < -0.3 is 18.9 Å². The van der Waals surface area contributed by atoms with E-state index >= 15 is 0 Å². The lowest BCUT2D eigenvalue weighted by molar-refractivity contribution is -0.218. The maximum Gasteiger partial charge on any atom is 0.338 e. The predicted molar refractivity (Wildman–Crippen MR) is 96.0 cm³/mol. The summed E-state index contributed by atoms with van der Waals surface area (Å²) in [6.45, 7) is 7.25. The molecule has 26 heavy (non-hydrogen) atoms. The van der Waals surface area contributed by atoms with Crippen molar-refractivity contribution in [2.75, 3.05) is 19.8 Å². The van der Waals surface area contributed by atoms with Gasteiger partial charge in [0.25, 0.3) is 0 Å². The summed E-state index contributed by atoms with van der Waals surface area (Å²) in [7, 11) is 0. The fourth-order valence-electron chi connectivity index (χ4n) is 2.43. The largest absolute Gasteiger partial charge is 0.462 e. The van der Waals surface area contributed by atoms with E-state index in [9.17, 15) is 9.59 Å². The second-order valence-corrected chi connectivity index (χ2v) is 6.81. The highest BCUT2D eigenvalue weighted by molar-refractivity contribution is 5.93. The molecule has 0 atom stereocenters. The lowest BCUT2D eigenvalue weighted by Crippen LogP contribution is -2.38. The molecule has 0 bridgehead atoms. The van der Waals surface area contributed by atoms with Crippen LogP contribution in [-0.2, 0) is 18.9 Å². The molecule has 0 aromatic heterocycles. The van der Waals surface area contributed by atoms with Crippen LogP contribution in [-0.4, -0.2) is 44.2 Å². The van der Waals surface area contributed by atoms with E-state index in [1.165, 1.54) is 0 Å². The van der Waals surface area contributed by atoms with Gasteiger partial charge in [-0.15, -0.1) is 0 Å². The highest BCUT2D eigenvalue weighted by Gasteiger charge is 2.25. The minimum atomic E-state index is -0.462. The summed E-state index contributed by atoms with van der Waals surface area (Å²) in [4.78, 5) is 24.1. The molecule has 1 aromatic rings. The van der Waals surface area contributed by atoms with E-state index in [4.69, 9.17) is 18.9 Å². The predicted octanol–water partition coefficient (Wildman–Crippen LogP) is 3.59. The Hall–Kier alpha value is -1.92. The van der Waals surface area contributed by atoms with Crippen LogP contribution >= 0.6 is 0 Å². The standard InChI is InChI=1S/C20H28O6/c1-4-5-18-24-12-17(13-25-18)26-20(22)16-8-6-15(7-9-16)19(21)23-11-10-14(2)3/h6-9,14,17-18H,4-5,10-13H2,1-3H3. The molecule has 0 unspecified atom stereocenters. The number of carbonyl (C=O) groups is 2. The zero-order valence-corrected chi connectivity index (χ0v) is 15.7. The Bertz CT molecular complexity index is 572. The fourth-order valence-corrected chi connectivity index (χ4v) is 2.43. The van der Waals surface area contributed by atoms with Gasteiger partial charge in [0, 0.05) is 0 Å². The van der Waals surface area contributed by atoms with Crippen molar-refractivity contribution in [3.8, 4) is 0 Å². The molecule has 1 aliphatic heterocycles. The molecule has 0 aliphatic carbocycles. The van der Waals surface area contributed by atoms with E-state index in [1.54, 1.807) is 24.3 Å². The third kappa shape index (κ3) is 6.42. The highest BCUT2D eigenvalue weighted by atomic mass is 16.7. The highest BCUT2D eigenvalue weighted by Crippen LogP contribution is 2.15. The van der Waals surface area contributed by atoms with Crippen molar-refractivity contribution in [3.63, 3.8) is 0 Å². The quantitative estimate of drug-likeness (QED) is 0.657. The van der Waals surface area contributed by atoms with Crippen LogP contribution in [0.1, 0.15) is 60.7 Å². The van der Waals surface area contributed by atoms with E-state index in [0.29, 0.717) is 36.9 Å². The van der Waals surface area contributed by atoms with Gasteiger partial charge in [-0.3, -0.25) is 0 Å². The van der Waals surface area contributed by atoms with Crippen molar-refractivity contribution in [1.82, 2.24) is 0 Å². The Balaban J connectivity index is 1.80. The summed E-state index contributed by atoms with van der Waals surface area (Å²) in [5, 5.41) is 0. The number of ether oxygens (including phenoxy) is 4. The molecule has 0 radical (unpaired) electrons. The Morgan fingerprint density at radius 2 is 1.65 bits per heavy atom. The van der Waals surface area contributed by atoms with Gasteiger partial charge in [-0.1, -0.05) is 27.2 Å². The second-order valence-electron chi connectivity index (χ2n) is 6.81. The molecule has 1 saturated heterocycles. The van der Waals surface area contributed by atoms with Gasteiger partial charge in [0.05, 0.1) is 30.9 Å².